The van der Waals surface area contributed by atoms with E-state index in [-0.39, 0.29) is 6.54 Å². The van der Waals surface area contributed by atoms with Crippen LogP contribution in [0.4, 0.5) is 0 Å². The summed E-state index contributed by atoms with van der Waals surface area (Å²) in [5.41, 5.74) is 0.978. The van der Waals surface area contributed by atoms with Crippen LogP contribution in [0.1, 0.15) is 5.56 Å². The molecule has 0 aliphatic heterocycles. The van der Waals surface area contributed by atoms with Crippen LogP contribution in [0.5, 0.6) is 0 Å². The Hall–Kier alpha value is -1.40. The zero-order valence-electron chi connectivity index (χ0n) is 9.54. The summed E-state index contributed by atoms with van der Waals surface area (Å²) in [4.78, 5) is 10.6. The van der Waals surface area contributed by atoms with Crippen LogP contribution >= 0.6 is 0 Å². The van der Waals surface area contributed by atoms with E-state index in [1.165, 1.54) is 0 Å². The third-order valence-electron chi connectivity index (χ3n) is 2.27. The van der Waals surface area contributed by atoms with Crippen LogP contribution in [0.25, 0.3) is 0 Å². The highest BCUT2D eigenvalue weighted by Gasteiger charge is 2.19. The summed E-state index contributed by atoms with van der Waals surface area (Å²) in [6.07, 6.45) is 1.52. The van der Waals surface area contributed by atoms with Crippen LogP contribution < -0.4 is 0 Å². The van der Waals surface area contributed by atoms with Gasteiger partial charge in [0.15, 0.2) is 0 Å². The predicted molar refractivity (Wildman–Crippen MR) is 64.2 cm³/mol. The van der Waals surface area contributed by atoms with Gasteiger partial charge in [0, 0.05) is 6.54 Å². The molecule has 0 heterocycles. The Bertz CT molecular complexity index is 470. The number of carbonyl (C=O) groups is 1. The standard InChI is InChI=1S/C11H15NO4S/c1-17(15,16)12(9-11(13)14)8-7-10-5-3-2-4-6-10/h2-6H,7-9H2,1H3,(H,13,14). The maximum absolute atomic E-state index is 11.4. The highest BCUT2D eigenvalue weighted by Crippen LogP contribution is 2.04. The lowest BCUT2D eigenvalue weighted by Gasteiger charge is -2.17. The van der Waals surface area contributed by atoms with E-state index in [9.17, 15) is 13.2 Å². The minimum absolute atomic E-state index is 0.176. The van der Waals surface area contributed by atoms with Crippen LogP contribution in [0.15, 0.2) is 30.3 Å². The second kappa shape index (κ2) is 5.79. The Morgan fingerprint density at radius 2 is 1.88 bits per heavy atom. The van der Waals surface area contributed by atoms with E-state index in [4.69, 9.17) is 5.11 Å². The van der Waals surface area contributed by atoms with Gasteiger partial charge in [0.2, 0.25) is 10.0 Å². The number of sulfonamides is 1. The lowest BCUT2D eigenvalue weighted by Crippen LogP contribution is -2.36. The first-order valence-electron chi connectivity index (χ1n) is 5.10. The molecule has 0 fully saturated rings. The molecule has 1 aromatic carbocycles. The lowest BCUT2D eigenvalue weighted by molar-refractivity contribution is -0.137. The maximum Gasteiger partial charge on any atom is 0.318 e. The second-order valence-corrected chi connectivity index (χ2v) is 5.71. The summed E-state index contributed by atoms with van der Waals surface area (Å²) in [5.74, 6) is -1.15. The van der Waals surface area contributed by atoms with E-state index in [0.29, 0.717) is 6.42 Å². The average Bonchev–Trinajstić information content (AvgIpc) is 2.23. The van der Waals surface area contributed by atoms with Crippen LogP contribution in [-0.2, 0) is 21.2 Å². The third-order valence-corrected chi connectivity index (χ3v) is 3.52. The van der Waals surface area contributed by atoms with Crippen molar-refractivity contribution in [1.82, 2.24) is 4.31 Å². The van der Waals surface area contributed by atoms with Crippen molar-refractivity contribution in [2.45, 2.75) is 6.42 Å². The van der Waals surface area contributed by atoms with E-state index in [1.54, 1.807) is 0 Å². The molecule has 0 radical (unpaired) electrons. The zero-order chi connectivity index (χ0) is 12.9. The van der Waals surface area contributed by atoms with Crippen molar-refractivity contribution in [1.29, 1.82) is 0 Å². The quantitative estimate of drug-likeness (QED) is 0.808. The number of nitrogens with zero attached hydrogens (tertiary/aromatic N) is 1. The minimum Gasteiger partial charge on any atom is -0.480 e. The van der Waals surface area contributed by atoms with Crippen molar-refractivity contribution in [3.63, 3.8) is 0 Å². The van der Waals surface area contributed by atoms with E-state index in [0.717, 1.165) is 16.1 Å². The monoisotopic (exact) mass is 257 g/mol. The van der Waals surface area contributed by atoms with Gasteiger partial charge < -0.3 is 5.11 Å². The van der Waals surface area contributed by atoms with Crippen LogP contribution in [0, 0.1) is 0 Å². The van der Waals surface area contributed by atoms with Gasteiger partial charge in [0.1, 0.15) is 6.54 Å². The van der Waals surface area contributed by atoms with Gasteiger partial charge in [-0.3, -0.25) is 4.79 Å². The molecule has 0 unspecified atom stereocenters. The summed E-state index contributed by atoms with van der Waals surface area (Å²) < 4.78 is 23.7. The molecular weight excluding hydrogens is 242 g/mol. The first-order chi connectivity index (χ1) is 7.89. The Labute approximate surface area is 101 Å². The second-order valence-electron chi connectivity index (χ2n) is 3.73. The Kier molecular flexibility index (Phi) is 4.65. The summed E-state index contributed by atoms with van der Waals surface area (Å²) >= 11 is 0. The number of aliphatic carboxylic acids is 1. The molecule has 0 aliphatic rings. The van der Waals surface area contributed by atoms with Crippen molar-refractivity contribution in [2.75, 3.05) is 19.3 Å². The fourth-order valence-electron chi connectivity index (χ4n) is 1.41. The van der Waals surface area contributed by atoms with Crippen molar-refractivity contribution in [3.8, 4) is 0 Å². The van der Waals surface area contributed by atoms with E-state index in [1.807, 2.05) is 30.3 Å². The van der Waals surface area contributed by atoms with E-state index < -0.39 is 22.5 Å². The molecule has 0 spiro atoms. The van der Waals surface area contributed by atoms with Gasteiger partial charge in [-0.25, -0.2) is 8.42 Å². The normalized spacial score (nSPS) is 11.6. The van der Waals surface area contributed by atoms with Crippen LogP contribution in [0.2, 0.25) is 0 Å². The first kappa shape index (κ1) is 13.7. The summed E-state index contributed by atoms with van der Waals surface area (Å²) in [6, 6.07) is 9.34. The van der Waals surface area contributed by atoms with Crippen molar-refractivity contribution in [3.05, 3.63) is 35.9 Å². The van der Waals surface area contributed by atoms with Gasteiger partial charge in [0.05, 0.1) is 6.26 Å². The third kappa shape index (κ3) is 4.97. The molecule has 0 aromatic heterocycles. The first-order valence-corrected chi connectivity index (χ1v) is 6.95. The molecule has 0 saturated carbocycles. The molecule has 0 atom stereocenters. The number of hydrogen-bond donors (Lipinski definition) is 1. The molecule has 1 N–H and O–H groups in total. The fourth-order valence-corrected chi connectivity index (χ4v) is 2.18. The van der Waals surface area contributed by atoms with Gasteiger partial charge in [-0.15, -0.1) is 0 Å². The number of carboxylic acids is 1. The molecule has 17 heavy (non-hydrogen) atoms. The van der Waals surface area contributed by atoms with Gasteiger partial charge in [-0.1, -0.05) is 30.3 Å². The van der Waals surface area contributed by atoms with Crippen LogP contribution in [-0.4, -0.2) is 43.1 Å². The number of hydrogen-bond acceptors (Lipinski definition) is 3. The molecule has 0 aliphatic carbocycles. The van der Waals surface area contributed by atoms with Crippen LogP contribution in [0.3, 0.4) is 0 Å². The predicted octanol–water partition coefficient (Wildman–Crippen LogP) is 0.575. The Morgan fingerprint density at radius 1 is 1.29 bits per heavy atom. The topological polar surface area (TPSA) is 74.7 Å². The van der Waals surface area contributed by atoms with Gasteiger partial charge in [-0.2, -0.15) is 4.31 Å². The molecule has 0 saturated heterocycles. The zero-order valence-corrected chi connectivity index (χ0v) is 10.4. The molecule has 6 heteroatoms. The van der Waals surface area contributed by atoms with Gasteiger partial charge in [0.25, 0.3) is 0 Å². The maximum atomic E-state index is 11.4. The Morgan fingerprint density at radius 3 is 2.35 bits per heavy atom. The van der Waals surface area contributed by atoms with Gasteiger partial charge in [-0.05, 0) is 12.0 Å². The van der Waals surface area contributed by atoms with E-state index >= 15 is 0 Å². The summed E-state index contributed by atoms with van der Waals surface area (Å²) in [7, 11) is -3.48. The van der Waals surface area contributed by atoms with E-state index in [2.05, 4.69) is 0 Å². The molecule has 0 bridgehead atoms. The Balaban J connectivity index is 2.65. The number of rotatable bonds is 6. The average molecular weight is 257 g/mol. The van der Waals surface area contributed by atoms with Crippen molar-refractivity contribution >= 4 is 16.0 Å². The smallest absolute Gasteiger partial charge is 0.318 e. The summed E-state index contributed by atoms with van der Waals surface area (Å²) in [6.45, 7) is -0.319. The largest absolute Gasteiger partial charge is 0.480 e. The highest BCUT2D eigenvalue weighted by atomic mass is 32.2. The SMILES string of the molecule is CS(=O)(=O)N(CCc1ccccc1)CC(=O)O. The van der Waals surface area contributed by atoms with Crippen molar-refractivity contribution < 1.29 is 18.3 Å². The molecule has 94 valence electrons. The summed E-state index contributed by atoms with van der Waals surface area (Å²) in [5, 5.41) is 8.64. The number of carboxylic acid groups (broad SMARTS) is 1. The minimum atomic E-state index is -3.48. The molecule has 0 amide bonds. The van der Waals surface area contributed by atoms with Gasteiger partial charge >= 0.3 is 5.97 Å². The highest BCUT2D eigenvalue weighted by molar-refractivity contribution is 7.88. The fraction of sp³-hybridized carbons (Fsp3) is 0.364. The van der Waals surface area contributed by atoms with Crippen molar-refractivity contribution in [2.24, 2.45) is 0 Å². The molecular formula is C11H15NO4S. The lowest BCUT2D eigenvalue weighted by atomic mass is 10.1. The molecule has 1 aromatic rings. The molecule has 1 rings (SSSR count). The molecule has 5 nitrogen and oxygen atoms in total. The number of benzene rings is 1.